The molecule has 0 radical (unpaired) electrons. The fraction of sp³-hybridized carbons (Fsp3) is 0.125. The predicted octanol–water partition coefficient (Wildman–Crippen LogP) is 4.85. The van der Waals surface area contributed by atoms with Gasteiger partial charge in [0.25, 0.3) is 5.91 Å². The zero-order valence-corrected chi connectivity index (χ0v) is 18.4. The zero-order valence-electron chi connectivity index (χ0n) is 16.8. The molecule has 0 spiro atoms. The van der Waals surface area contributed by atoms with Crippen molar-refractivity contribution in [3.63, 3.8) is 0 Å². The van der Waals surface area contributed by atoms with Crippen molar-refractivity contribution in [3.05, 3.63) is 94.7 Å². The number of hydrogen-bond donors (Lipinski definition) is 1. The molecule has 0 saturated carbocycles. The number of rotatable bonds is 7. The molecule has 0 saturated heterocycles. The van der Waals surface area contributed by atoms with Crippen molar-refractivity contribution in [2.45, 2.75) is 10.1 Å². The van der Waals surface area contributed by atoms with Gasteiger partial charge in [0.2, 0.25) is 0 Å². The second-order valence-corrected chi connectivity index (χ2v) is 10.1. The highest BCUT2D eigenvalue weighted by atomic mass is 32.2. The normalized spacial score (nSPS) is 12.4. The summed E-state index contributed by atoms with van der Waals surface area (Å²) in [4.78, 5) is 13.7. The van der Waals surface area contributed by atoms with Crippen LogP contribution in [-0.4, -0.2) is 28.0 Å². The maximum atomic E-state index is 13.4. The highest BCUT2D eigenvalue weighted by Gasteiger charge is 2.30. The fourth-order valence-electron chi connectivity index (χ4n) is 3.39. The molecule has 1 aromatic heterocycles. The van der Waals surface area contributed by atoms with Crippen LogP contribution in [0.25, 0.3) is 10.8 Å². The van der Waals surface area contributed by atoms with Gasteiger partial charge in [-0.15, -0.1) is 11.3 Å². The largest absolute Gasteiger partial charge is 0.497 e. The molecule has 1 amide bonds. The number of thiophene rings is 1. The van der Waals surface area contributed by atoms with Gasteiger partial charge in [0, 0.05) is 17.0 Å². The molecular weight excluding hydrogens is 430 g/mol. The standard InChI is InChI=1S/C24H21NO4S2/c1-29-20-10-12-21(13-11-20)31(27,28)23(22-7-4-14-30-22)16-25-24(26)19-9-8-17-5-2-3-6-18(17)15-19/h2-15,23H,16H2,1H3,(H,25,26). The van der Waals surface area contributed by atoms with Gasteiger partial charge in [-0.05, 0) is 58.6 Å². The number of carbonyl (C=O) groups excluding carboxylic acids is 1. The minimum atomic E-state index is -3.72. The number of benzene rings is 3. The molecule has 3 aromatic carbocycles. The molecule has 1 heterocycles. The molecule has 1 unspecified atom stereocenters. The first kappa shape index (κ1) is 21.1. The lowest BCUT2D eigenvalue weighted by molar-refractivity contribution is 0.0954. The lowest BCUT2D eigenvalue weighted by Gasteiger charge is -2.18. The Balaban J connectivity index is 1.58. The van der Waals surface area contributed by atoms with Gasteiger partial charge in [-0.3, -0.25) is 4.79 Å². The summed E-state index contributed by atoms with van der Waals surface area (Å²) in [6, 6.07) is 23.1. The number of hydrogen-bond acceptors (Lipinski definition) is 5. The van der Waals surface area contributed by atoms with Crippen molar-refractivity contribution in [3.8, 4) is 5.75 Å². The number of fused-ring (bicyclic) bond motifs is 1. The van der Waals surface area contributed by atoms with Crippen LogP contribution >= 0.6 is 11.3 Å². The maximum absolute atomic E-state index is 13.4. The monoisotopic (exact) mass is 451 g/mol. The third-order valence-electron chi connectivity index (χ3n) is 5.08. The van der Waals surface area contributed by atoms with E-state index in [1.54, 1.807) is 24.3 Å². The van der Waals surface area contributed by atoms with Crippen LogP contribution in [0.3, 0.4) is 0 Å². The van der Waals surface area contributed by atoms with Gasteiger partial charge in [0.05, 0.1) is 12.0 Å². The first-order chi connectivity index (χ1) is 15.0. The molecule has 158 valence electrons. The van der Waals surface area contributed by atoms with Gasteiger partial charge in [-0.1, -0.05) is 36.4 Å². The van der Waals surface area contributed by atoms with Crippen LogP contribution < -0.4 is 10.1 Å². The summed E-state index contributed by atoms with van der Waals surface area (Å²) < 4.78 is 31.9. The quantitative estimate of drug-likeness (QED) is 0.436. The van der Waals surface area contributed by atoms with E-state index in [4.69, 9.17) is 4.74 Å². The maximum Gasteiger partial charge on any atom is 0.251 e. The van der Waals surface area contributed by atoms with Crippen molar-refractivity contribution in [1.29, 1.82) is 0 Å². The highest BCUT2D eigenvalue weighted by Crippen LogP contribution is 2.32. The minimum absolute atomic E-state index is 0.0272. The van der Waals surface area contributed by atoms with Crippen molar-refractivity contribution in [2.24, 2.45) is 0 Å². The Bertz CT molecular complexity index is 1300. The van der Waals surface area contributed by atoms with Crippen LogP contribution in [0.1, 0.15) is 20.5 Å². The fourth-order valence-corrected chi connectivity index (χ4v) is 6.17. The summed E-state index contributed by atoms with van der Waals surface area (Å²) in [5.41, 5.74) is 0.491. The number of sulfone groups is 1. The summed E-state index contributed by atoms with van der Waals surface area (Å²) in [6.07, 6.45) is 0. The molecule has 4 rings (SSSR count). The van der Waals surface area contributed by atoms with Crippen LogP contribution in [-0.2, 0) is 9.84 Å². The molecule has 0 fully saturated rings. The van der Waals surface area contributed by atoms with E-state index < -0.39 is 15.1 Å². The van der Waals surface area contributed by atoms with E-state index in [9.17, 15) is 13.2 Å². The number of amides is 1. The molecule has 1 N–H and O–H groups in total. The van der Waals surface area contributed by atoms with E-state index in [1.165, 1.54) is 30.6 Å². The minimum Gasteiger partial charge on any atom is -0.497 e. The Morgan fingerprint density at radius 3 is 2.39 bits per heavy atom. The molecule has 0 aliphatic heterocycles. The first-order valence-corrected chi connectivity index (χ1v) is 12.1. The molecule has 5 nitrogen and oxygen atoms in total. The Morgan fingerprint density at radius 2 is 1.71 bits per heavy atom. The molecule has 4 aromatic rings. The first-order valence-electron chi connectivity index (χ1n) is 9.67. The predicted molar refractivity (Wildman–Crippen MR) is 124 cm³/mol. The molecule has 7 heteroatoms. The summed E-state index contributed by atoms with van der Waals surface area (Å²) in [5, 5.41) is 5.75. The summed E-state index contributed by atoms with van der Waals surface area (Å²) in [6.45, 7) is -0.0272. The Labute approximate surface area is 185 Å². The van der Waals surface area contributed by atoms with Crippen LogP contribution in [0.15, 0.2) is 89.1 Å². The zero-order chi connectivity index (χ0) is 21.8. The van der Waals surface area contributed by atoms with Crippen LogP contribution in [0.4, 0.5) is 0 Å². The lowest BCUT2D eigenvalue weighted by atomic mass is 10.1. The third-order valence-corrected chi connectivity index (χ3v) is 8.32. The summed E-state index contributed by atoms with van der Waals surface area (Å²) in [7, 11) is -2.19. The van der Waals surface area contributed by atoms with Crippen LogP contribution in [0.2, 0.25) is 0 Å². The molecular formula is C24H21NO4S2. The highest BCUT2D eigenvalue weighted by molar-refractivity contribution is 7.91. The molecule has 0 aliphatic carbocycles. The van der Waals surface area contributed by atoms with Crippen molar-refractivity contribution >= 4 is 37.9 Å². The smallest absolute Gasteiger partial charge is 0.251 e. The number of methoxy groups -OCH3 is 1. The van der Waals surface area contributed by atoms with E-state index >= 15 is 0 Å². The number of nitrogens with one attached hydrogen (secondary N) is 1. The topological polar surface area (TPSA) is 72.5 Å². The Kier molecular flexibility index (Phi) is 6.06. The van der Waals surface area contributed by atoms with E-state index in [0.29, 0.717) is 16.2 Å². The van der Waals surface area contributed by atoms with Gasteiger partial charge in [0.1, 0.15) is 11.0 Å². The van der Waals surface area contributed by atoms with Gasteiger partial charge in [-0.2, -0.15) is 0 Å². The summed E-state index contributed by atoms with van der Waals surface area (Å²) >= 11 is 1.35. The molecule has 31 heavy (non-hydrogen) atoms. The number of carbonyl (C=O) groups is 1. The SMILES string of the molecule is COc1ccc(S(=O)(=O)C(CNC(=O)c2ccc3ccccc3c2)c2cccs2)cc1. The van der Waals surface area contributed by atoms with E-state index in [0.717, 1.165) is 10.8 Å². The Morgan fingerprint density at radius 1 is 0.968 bits per heavy atom. The third kappa shape index (κ3) is 4.47. The average Bonchev–Trinajstić information content (AvgIpc) is 3.33. The van der Waals surface area contributed by atoms with Crippen LogP contribution in [0, 0.1) is 0 Å². The summed E-state index contributed by atoms with van der Waals surface area (Å²) in [5.74, 6) is 0.272. The van der Waals surface area contributed by atoms with Gasteiger partial charge >= 0.3 is 0 Å². The van der Waals surface area contributed by atoms with Gasteiger partial charge in [-0.25, -0.2) is 8.42 Å². The lowest BCUT2D eigenvalue weighted by Crippen LogP contribution is -2.31. The number of ether oxygens (including phenoxy) is 1. The Hall–Kier alpha value is -3.16. The van der Waals surface area contributed by atoms with Crippen molar-refractivity contribution in [2.75, 3.05) is 13.7 Å². The van der Waals surface area contributed by atoms with Gasteiger partial charge < -0.3 is 10.1 Å². The van der Waals surface area contributed by atoms with Crippen LogP contribution in [0.5, 0.6) is 5.75 Å². The van der Waals surface area contributed by atoms with E-state index in [-0.39, 0.29) is 17.3 Å². The van der Waals surface area contributed by atoms with E-state index in [2.05, 4.69) is 5.32 Å². The average molecular weight is 452 g/mol. The van der Waals surface area contributed by atoms with Crippen molar-refractivity contribution in [1.82, 2.24) is 5.32 Å². The molecule has 1 atom stereocenters. The second-order valence-electron chi connectivity index (χ2n) is 7.00. The molecule has 0 aliphatic rings. The van der Waals surface area contributed by atoms with E-state index in [1.807, 2.05) is 47.8 Å². The second kappa shape index (κ2) is 8.91. The van der Waals surface area contributed by atoms with Gasteiger partial charge in [0.15, 0.2) is 9.84 Å². The van der Waals surface area contributed by atoms with Crippen molar-refractivity contribution < 1.29 is 17.9 Å². The molecule has 0 bridgehead atoms.